The number of amides is 1. The van der Waals surface area contributed by atoms with Crippen molar-refractivity contribution in [2.45, 2.75) is 26.3 Å². The number of carbonyl (C=O) groups excluding carboxylic acids is 2. The monoisotopic (exact) mass is 345 g/mol. The van der Waals surface area contributed by atoms with Crippen LogP contribution in [0.3, 0.4) is 0 Å². The third-order valence-electron chi connectivity index (χ3n) is 3.41. The van der Waals surface area contributed by atoms with Gasteiger partial charge < -0.3 is 15.2 Å². The first-order valence-electron chi connectivity index (χ1n) is 7.72. The fourth-order valence-corrected chi connectivity index (χ4v) is 2.31. The molecule has 0 atom stereocenters. The number of fused-ring (bicyclic) bond motifs is 1. The Bertz CT molecular complexity index is 825. The van der Waals surface area contributed by atoms with Gasteiger partial charge in [0.1, 0.15) is 18.0 Å². The number of hydrogen-bond donors (Lipinski definition) is 2. The van der Waals surface area contributed by atoms with E-state index in [1.807, 2.05) is 0 Å². The molecule has 0 saturated carbocycles. The van der Waals surface area contributed by atoms with Crippen molar-refractivity contribution in [2.75, 3.05) is 6.54 Å². The summed E-state index contributed by atoms with van der Waals surface area (Å²) in [6.45, 7) is 5.01. The summed E-state index contributed by atoms with van der Waals surface area (Å²) in [6.07, 6.45) is 2.69. The number of nitrogens with one attached hydrogen (secondary N) is 1. The molecular formula is C17H19N3O5. The van der Waals surface area contributed by atoms with Gasteiger partial charge >= 0.3 is 12.1 Å². The van der Waals surface area contributed by atoms with Crippen LogP contribution in [0.5, 0.6) is 5.75 Å². The molecule has 8 heteroatoms. The van der Waals surface area contributed by atoms with Crippen molar-refractivity contribution < 1.29 is 24.2 Å². The fourth-order valence-electron chi connectivity index (χ4n) is 2.31. The lowest BCUT2D eigenvalue weighted by molar-refractivity contribution is -0.137. The number of unbranched alkanes of at least 4 members (excludes halogenated alkanes) is 1. The van der Waals surface area contributed by atoms with E-state index >= 15 is 0 Å². The number of ether oxygens (including phenoxy) is 1. The number of aliphatic carboxylic acids is 1. The molecule has 0 bridgehead atoms. The number of nitrogens with zero attached hydrogens (tertiary/aromatic N) is 2. The van der Waals surface area contributed by atoms with Crippen LogP contribution in [0.4, 0.5) is 4.79 Å². The molecule has 25 heavy (non-hydrogen) atoms. The molecule has 0 radical (unpaired) electrons. The molecule has 1 heterocycles. The van der Waals surface area contributed by atoms with Gasteiger partial charge in [-0.3, -0.25) is 14.3 Å². The number of carboxylic acids is 1. The van der Waals surface area contributed by atoms with E-state index in [-0.39, 0.29) is 17.2 Å². The Morgan fingerprint density at radius 2 is 2.16 bits per heavy atom. The molecule has 0 aliphatic heterocycles. The van der Waals surface area contributed by atoms with E-state index < -0.39 is 18.6 Å². The van der Waals surface area contributed by atoms with E-state index in [0.29, 0.717) is 17.4 Å². The lowest BCUT2D eigenvalue weighted by Crippen LogP contribution is -2.27. The number of Topliss-reactive ketones (excluding diaryl/α,β-unsaturated/α-hetero) is 1. The Morgan fingerprint density at radius 3 is 2.80 bits per heavy atom. The van der Waals surface area contributed by atoms with Crippen molar-refractivity contribution in [3.8, 4) is 5.75 Å². The first-order chi connectivity index (χ1) is 11.9. The van der Waals surface area contributed by atoms with Crippen LogP contribution in [0.25, 0.3) is 10.9 Å². The molecular weight excluding hydrogens is 326 g/mol. The number of benzene rings is 1. The van der Waals surface area contributed by atoms with E-state index in [1.165, 1.54) is 23.7 Å². The Hall–Kier alpha value is -3.16. The molecule has 0 fully saturated rings. The summed E-state index contributed by atoms with van der Waals surface area (Å²) in [5.41, 5.74) is 0.584. The summed E-state index contributed by atoms with van der Waals surface area (Å²) in [7, 11) is 0. The first kappa shape index (κ1) is 18.2. The minimum absolute atomic E-state index is 0.177. The third kappa shape index (κ3) is 4.66. The molecule has 2 N–H and O–H groups in total. The average molecular weight is 345 g/mol. The van der Waals surface area contributed by atoms with Gasteiger partial charge in [-0.25, -0.2) is 4.79 Å². The summed E-state index contributed by atoms with van der Waals surface area (Å²) < 4.78 is 6.38. The number of hydrogen-bond acceptors (Lipinski definition) is 5. The molecule has 1 amide bonds. The van der Waals surface area contributed by atoms with Gasteiger partial charge in [-0.15, -0.1) is 6.58 Å². The van der Waals surface area contributed by atoms with E-state index in [9.17, 15) is 14.4 Å². The van der Waals surface area contributed by atoms with Crippen LogP contribution in [-0.4, -0.2) is 39.3 Å². The zero-order valence-corrected chi connectivity index (χ0v) is 13.8. The molecule has 0 aliphatic rings. The molecule has 8 nitrogen and oxygen atoms in total. The minimum atomic E-state index is -1.09. The third-order valence-corrected chi connectivity index (χ3v) is 3.41. The lowest BCUT2D eigenvalue weighted by Gasteiger charge is -2.07. The Kier molecular flexibility index (Phi) is 5.89. The van der Waals surface area contributed by atoms with E-state index in [0.717, 1.165) is 12.8 Å². The van der Waals surface area contributed by atoms with Gasteiger partial charge in [0.05, 0.1) is 5.52 Å². The highest BCUT2D eigenvalue weighted by Crippen LogP contribution is 2.24. The van der Waals surface area contributed by atoms with Crippen molar-refractivity contribution in [1.29, 1.82) is 0 Å². The summed E-state index contributed by atoms with van der Waals surface area (Å²) in [5, 5.41) is 16.1. The standard InChI is InChI=1S/C17H19N3O5/c1-3-4-5-8-18-17(24)25-12-6-7-13-14(9-12)20(10-15(22)23)19-16(13)11(2)21/h3,6-7,9H,1,4-5,8,10H2,2H3,(H,18,24)(H,22,23). The zero-order chi connectivity index (χ0) is 18.4. The highest BCUT2D eigenvalue weighted by molar-refractivity contribution is 6.05. The lowest BCUT2D eigenvalue weighted by atomic mass is 10.1. The molecule has 1 aromatic carbocycles. The van der Waals surface area contributed by atoms with Crippen molar-refractivity contribution >= 4 is 28.7 Å². The molecule has 1 aromatic heterocycles. The van der Waals surface area contributed by atoms with E-state index in [1.54, 1.807) is 12.1 Å². The van der Waals surface area contributed by atoms with Gasteiger partial charge in [0.25, 0.3) is 0 Å². The zero-order valence-electron chi connectivity index (χ0n) is 13.8. The van der Waals surface area contributed by atoms with Crippen molar-refractivity contribution in [2.24, 2.45) is 0 Å². The first-order valence-corrected chi connectivity index (χ1v) is 7.72. The second-order valence-electron chi connectivity index (χ2n) is 5.38. The Morgan fingerprint density at radius 1 is 1.40 bits per heavy atom. The number of aromatic nitrogens is 2. The van der Waals surface area contributed by atoms with Crippen molar-refractivity contribution in [3.05, 3.63) is 36.5 Å². The summed E-state index contributed by atoms with van der Waals surface area (Å²) >= 11 is 0. The summed E-state index contributed by atoms with van der Waals surface area (Å²) in [6, 6.07) is 4.60. The van der Waals surface area contributed by atoms with Crippen LogP contribution in [0, 0.1) is 0 Å². The highest BCUT2D eigenvalue weighted by Gasteiger charge is 2.17. The molecule has 2 aromatic rings. The molecule has 0 spiro atoms. The maximum Gasteiger partial charge on any atom is 0.412 e. The summed E-state index contributed by atoms with van der Waals surface area (Å²) in [5.74, 6) is -1.14. The topological polar surface area (TPSA) is 111 Å². The van der Waals surface area contributed by atoms with E-state index in [4.69, 9.17) is 9.84 Å². The maximum absolute atomic E-state index is 11.8. The van der Waals surface area contributed by atoms with Gasteiger partial charge in [-0.05, 0) is 25.0 Å². The largest absolute Gasteiger partial charge is 0.480 e. The molecule has 0 saturated heterocycles. The van der Waals surface area contributed by atoms with Crippen LogP contribution < -0.4 is 10.1 Å². The molecule has 132 valence electrons. The molecule has 2 rings (SSSR count). The molecule has 0 unspecified atom stereocenters. The molecule has 0 aliphatic carbocycles. The normalized spacial score (nSPS) is 10.4. The second kappa shape index (κ2) is 8.09. The van der Waals surface area contributed by atoms with Crippen LogP contribution in [-0.2, 0) is 11.3 Å². The second-order valence-corrected chi connectivity index (χ2v) is 5.38. The fraction of sp³-hybridized carbons (Fsp3) is 0.294. The van der Waals surface area contributed by atoms with Crippen molar-refractivity contribution in [1.82, 2.24) is 15.1 Å². The summed E-state index contributed by atoms with van der Waals surface area (Å²) in [4.78, 5) is 34.4. The predicted octanol–water partition coefficient (Wildman–Crippen LogP) is 2.38. The Balaban J connectivity index is 2.22. The van der Waals surface area contributed by atoms with Crippen LogP contribution >= 0.6 is 0 Å². The maximum atomic E-state index is 11.8. The number of allylic oxidation sites excluding steroid dienone is 1. The van der Waals surface area contributed by atoms with Gasteiger partial charge in [0.15, 0.2) is 5.78 Å². The van der Waals surface area contributed by atoms with Crippen LogP contribution in [0.15, 0.2) is 30.9 Å². The van der Waals surface area contributed by atoms with Gasteiger partial charge in [-0.1, -0.05) is 6.08 Å². The van der Waals surface area contributed by atoms with Gasteiger partial charge in [0, 0.05) is 24.9 Å². The minimum Gasteiger partial charge on any atom is -0.480 e. The Labute approximate surface area is 144 Å². The number of carbonyl (C=O) groups is 3. The predicted molar refractivity (Wildman–Crippen MR) is 90.8 cm³/mol. The quantitative estimate of drug-likeness (QED) is 0.432. The van der Waals surface area contributed by atoms with E-state index in [2.05, 4.69) is 17.0 Å². The SMILES string of the molecule is C=CCCCNC(=O)Oc1ccc2c(C(C)=O)nn(CC(=O)O)c2c1. The number of rotatable bonds is 8. The van der Waals surface area contributed by atoms with Gasteiger partial charge in [-0.2, -0.15) is 5.10 Å². The van der Waals surface area contributed by atoms with Crippen LogP contribution in [0.2, 0.25) is 0 Å². The highest BCUT2D eigenvalue weighted by atomic mass is 16.6. The average Bonchev–Trinajstić information content (AvgIpc) is 2.89. The van der Waals surface area contributed by atoms with Crippen molar-refractivity contribution in [3.63, 3.8) is 0 Å². The number of carboxylic acid groups (broad SMARTS) is 1. The van der Waals surface area contributed by atoms with Crippen LogP contribution in [0.1, 0.15) is 30.3 Å². The smallest absolute Gasteiger partial charge is 0.412 e. The number of ketones is 1. The van der Waals surface area contributed by atoms with Gasteiger partial charge in [0.2, 0.25) is 0 Å².